The van der Waals surface area contributed by atoms with Gasteiger partial charge in [-0.3, -0.25) is 0 Å². The summed E-state index contributed by atoms with van der Waals surface area (Å²) in [7, 11) is 0. The minimum Gasteiger partial charge on any atom is -0.460 e. The Morgan fingerprint density at radius 2 is 1.50 bits per heavy atom. The van der Waals surface area contributed by atoms with Gasteiger partial charge in [-0.2, -0.15) is 0 Å². The van der Waals surface area contributed by atoms with Crippen molar-refractivity contribution in [3.8, 4) is 0 Å². The standard InChI is InChI=1S/C15H28O5/c1-6-15(4,5)20-12-10-18-8-7-17-9-11-19-14(16)13(2)3/h2,6-12H2,1,3-5H3. The van der Waals surface area contributed by atoms with E-state index in [0.717, 1.165) is 6.42 Å². The molecular formula is C15H28O5. The summed E-state index contributed by atoms with van der Waals surface area (Å²) in [4.78, 5) is 11.0. The number of hydrogen-bond donors (Lipinski definition) is 0. The van der Waals surface area contributed by atoms with Crippen molar-refractivity contribution in [3.63, 3.8) is 0 Å². The molecule has 0 rings (SSSR count). The average molecular weight is 288 g/mol. The van der Waals surface area contributed by atoms with Crippen molar-refractivity contribution in [2.75, 3.05) is 39.6 Å². The van der Waals surface area contributed by atoms with Gasteiger partial charge < -0.3 is 18.9 Å². The van der Waals surface area contributed by atoms with Crippen LogP contribution in [0.3, 0.4) is 0 Å². The fourth-order valence-corrected chi connectivity index (χ4v) is 1.12. The number of esters is 1. The summed E-state index contributed by atoms with van der Waals surface area (Å²) < 4.78 is 21.1. The largest absolute Gasteiger partial charge is 0.460 e. The van der Waals surface area contributed by atoms with Gasteiger partial charge in [0.1, 0.15) is 6.61 Å². The third kappa shape index (κ3) is 11.0. The predicted molar refractivity (Wildman–Crippen MR) is 77.7 cm³/mol. The lowest BCUT2D eigenvalue weighted by molar-refractivity contribution is -0.140. The molecule has 0 amide bonds. The van der Waals surface area contributed by atoms with Crippen LogP contribution < -0.4 is 0 Å². The highest BCUT2D eigenvalue weighted by Crippen LogP contribution is 2.12. The minimum absolute atomic E-state index is 0.0903. The smallest absolute Gasteiger partial charge is 0.333 e. The van der Waals surface area contributed by atoms with Crippen LogP contribution in [0.5, 0.6) is 0 Å². The molecule has 0 aromatic carbocycles. The molecule has 5 heteroatoms. The van der Waals surface area contributed by atoms with Crippen LogP contribution in [-0.4, -0.2) is 51.2 Å². The van der Waals surface area contributed by atoms with Crippen LogP contribution >= 0.6 is 0 Å². The molecule has 0 aliphatic heterocycles. The van der Waals surface area contributed by atoms with Crippen LogP contribution in [0, 0.1) is 0 Å². The van der Waals surface area contributed by atoms with Gasteiger partial charge in [0.25, 0.3) is 0 Å². The van der Waals surface area contributed by atoms with Crippen molar-refractivity contribution in [1.82, 2.24) is 0 Å². The summed E-state index contributed by atoms with van der Waals surface area (Å²) in [5, 5.41) is 0. The fraction of sp³-hybridized carbons (Fsp3) is 0.800. The molecule has 0 unspecified atom stereocenters. The molecule has 0 aliphatic carbocycles. The SMILES string of the molecule is C=C(C)C(=O)OCCOCCOCCOC(C)(C)CC. The first-order valence-corrected chi connectivity index (χ1v) is 7.01. The van der Waals surface area contributed by atoms with Gasteiger partial charge in [-0.15, -0.1) is 0 Å². The van der Waals surface area contributed by atoms with Crippen molar-refractivity contribution >= 4 is 5.97 Å². The molecular weight excluding hydrogens is 260 g/mol. The van der Waals surface area contributed by atoms with Crippen LogP contribution in [0.4, 0.5) is 0 Å². The third-order valence-corrected chi connectivity index (χ3v) is 2.75. The zero-order chi connectivity index (χ0) is 15.4. The van der Waals surface area contributed by atoms with E-state index in [4.69, 9.17) is 18.9 Å². The summed E-state index contributed by atoms with van der Waals surface area (Å²) in [6.07, 6.45) is 0.971. The van der Waals surface area contributed by atoms with E-state index >= 15 is 0 Å². The fourth-order valence-electron chi connectivity index (χ4n) is 1.12. The Labute approximate surface area is 122 Å². The molecule has 0 fully saturated rings. The second-order valence-electron chi connectivity index (χ2n) is 5.10. The van der Waals surface area contributed by atoms with Gasteiger partial charge in [-0.05, 0) is 27.2 Å². The number of rotatable bonds is 12. The lowest BCUT2D eigenvalue weighted by Gasteiger charge is -2.23. The van der Waals surface area contributed by atoms with E-state index in [2.05, 4.69) is 27.4 Å². The van der Waals surface area contributed by atoms with Crippen molar-refractivity contribution in [1.29, 1.82) is 0 Å². The molecule has 20 heavy (non-hydrogen) atoms. The summed E-state index contributed by atoms with van der Waals surface area (Å²) >= 11 is 0. The third-order valence-electron chi connectivity index (χ3n) is 2.75. The summed E-state index contributed by atoms with van der Waals surface area (Å²) in [6, 6.07) is 0. The van der Waals surface area contributed by atoms with Crippen LogP contribution in [0.1, 0.15) is 34.1 Å². The van der Waals surface area contributed by atoms with Gasteiger partial charge in [0.2, 0.25) is 0 Å². The zero-order valence-electron chi connectivity index (χ0n) is 13.2. The quantitative estimate of drug-likeness (QED) is 0.313. The van der Waals surface area contributed by atoms with Gasteiger partial charge in [0.15, 0.2) is 0 Å². The van der Waals surface area contributed by atoms with E-state index in [9.17, 15) is 4.79 Å². The molecule has 5 nitrogen and oxygen atoms in total. The Morgan fingerprint density at radius 1 is 1.00 bits per heavy atom. The molecule has 0 bridgehead atoms. The van der Waals surface area contributed by atoms with Crippen molar-refractivity contribution < 1.29 is 23.7 Å². The summed E-state index contributed by atoms with van der Waals surface area (Å²) in [6.45, 7) is 14.0. The molecule has 0 heterocycles. The normalized spacial score (nSPS) is 11.4. The minimum atomic E-state index is -0.388. The maximum absolute atomic E-state index is 11.0. The first-order chi connectivity index (χ1) is 9.39. The van der Waals surface area contributed by atoms with E-state index in [-0.39, 0.29) is 18.2 Å². The lowest BCUT2D eigenvalue weighted by atomic mass is 10.1. The molecule has 0 aliphatic rings. The Bertz CT molecular complexity index is 286. The molecule has 0 atom stereocenters. The molecule has 0 radical (unpaired) electrons. The molecule has 0 aromatic rings. The maximum Gasteiger partial charge on any atom is 0.333 e. The number of ether oxygens (including phenoxy) is 4. The van der Waals surface area contributed by atoms with Crippen LogP contribution in [0.25, 0.3) is 0 Å². The Morgan fingerprint density at radius 3 is 2.00 bits per heavy atom. The van der Waals surface area contributed by atoms with Gasteiger partial charge in [-0.25, -0.2) is 4.79 Å². The molecule has 118 valence electrons. The highest BCUT2D eigenvalue weighted by Gasteiger charge is 2.14. The second kappa shape index (κ2) is 10.8. The van der Waals surface area contributed by atoms with E-state index in [0.29, 0.717) is 38.6 Å². The summed E-state index contributed by atoms with van der Waals surface area (Å²) in [5.74, 6) is -0.388. The Kier molecular flexibility index (Phi) is 10.3. The lowest BCUT2D eigenvalue weighted by Crippen LogP contribution is -2.25. The molecule has 0 aromatic heterocycles. The van der Waals surface area contributed by atoms with E-state index in [1.807, 2.05) is 0 Å². The van der Waals surface area contributed by atoms with Gasteiger partial charge in [0.05, 0.1) is 38.6 Å². The molecule has 0 saturated heterocycles. The zero-order valence-corrected chi connectivity index (χ0v) is 13.2. The van der Waals surface area contributed by atoms with E-state index in [1.165, 1.54) is 0 Å². The number of carbonyl (C=O) groups is 1. The van der Waals surface area contributed by atoms with Crippen LogP contribution in [-0.2, 0) is 23.7 Å². The Hall–Kier alpha value is -0.910. The Balaban J connectivity index is 3.25. The first kappa shape index (κ1) is 19.1. The predicted octanol–water partition coefficient (Wildman–Crippen LogP) is 2.34. The van der Waals surface area contributed by atoms with E-state index in [1.54, 1.807) is 6.92 Å². The molecule has 0 spiro atoms. The first-order valence-electron chi connectivity index (χ1n) is 7.01. The molecule has 0 N–H and O–H groups in total. The highest BCUT2D eigenvalue weighted by atomic mass is 16.6. The number of carbonyl (C=O) groups excluding carboxylic acids is 1. The number of hydrogen-bond acceptors (Lipinski definition) is 5. The van der Waals surface area contributed by atoms with Gasteiger partial charge >= 0.3 is 5.97 Å². The summed E-state index contributed by atoms with van der Waals surface area (Å²) in [5.41, 5.74) is 0.302. The van der Waals surface area contributed by atoms with Gasteiger partial charge in [0, 0.05) is 5.57 Å². The average Bonchev–Trinajstić information content (AvgIpc) is 2.40. The van der Waals surface area contributed by atoms with Gasteiger partial charge in [-0.1, -0.05) is 13.5 Å². The monoisotopic (exact) mass is 288 g/mol. The van der Waals surface area contributed by atoms with Crippen molar-refractivity contribution in [2.45, 2.75) is 39.7 Å². The van der Waals surface area contributed by atoms with Crippen LogP contribution in [0.2, 0.25) is 0 Å². The van der Waals surface area contributed by atoms with Crippen LogP contribution in [0.15, 0.2) is 12.2 Å². The topological polar surface area (TPSA) is 54.0 Å². The maximum atomic E-state index is 11.0. The van der Waals surface area contributed by atoms with Crippen molar-refractivity contribution in [3.05, 3.63) is 12.2 Å². The van der Waals surface area contributed by atoms with Crippen molar-refractivity contribution in [2.24, 2.45) is 0 Å². The second-order valence-corrected chi connectivity index (χ2v) is 5.10. The molecule has 0 saturated carbocycles. The van der Waals surface area contributed by atoms with E-state index < -0.39 is 0 Å². The highest BCUT2D eigenvalue weighted by molar-refractivity contribution is 5.86.